The van der Waals surface area contributed by atoms with E-state index < -0.39 is 5.60 Å². The molecule has 1 fully saturated rings. The maximum absolute atomic E-state index is 12.3. The Hall–Kier alpha value is -1.88. The number of nitrogens with zero attached hydrogens (tertiary/aromatic N) is 1. The van der Waals surface area contributed by atoms with Gasteiger partial charge in [-0.2, -0.15) is 0 Å². The van der Waals surface area contributed by atoms with Gasteiger partial charge in [-0.15, -0.1) is 0 Å². The van der Waals surface area contributed by atoms with E-state index in [1.54, 1.807) is 0 Å². The Morgan fingerprint density at radius 3 is 2.38 bits per heavy atom. The van der Waals surface area contributed by atoms with Crippen molar-refractivity contribution in [1.29, 1.82) is 0 Å². The Labute approximate surface area is 144 Å². The zero-order valence-electron chi connectivity index (χ0n) is 14.9. The third-order valence-corrected chi connectivity index (χ3v) is 4.04. The van der Waals surface area contributed by atoms with Gasteiger partial charge in [0.05, 0.1) is 6.54 Å². The van der Waals surface area contributed by atoms with Crippen LogP contribution in [0.4, 0.5) is 0 Å². The van der Waals surface area contributed by atoms with Gasteiger partial charge in [0, 0.05) is 12.5 Å². The third-order valence-electron chi connectivity index (χ3n) is 4.04. The third kappa shape index (κ3) is 6.32. The molecule has 1 aromatic carbocycles. The van der Waals surface area contributed by atoms with Crippen molar-refractivity contribution in [2.75, 3.05) is 19.6 Å². The van der Waals surface area contributed by atoms with Gasteiger partial charge in [-0.3, -0.25) is 14.5 Å². The molecule has 0 bridgehead atoms. The van der Waals surface area contributed by atoms with Gasteiger partial charge in [0.25, 0.3) is 0 Å². The lowest BCUT2D eigenvalue weighted by molar-refractivity contribution is -0.156. The van der Waals surface area contributed by atoms with Crippen LogP contribution in [0.25, 0.3) is 0 Å². The molecule has 1 heterocycles. The standard InChI is InChI=1S/C19H28N2O3/c1-19(2,3)24-17(22)14-21-11-9-16(10-12-21)18(23)20-13-15-7-5-4-6-8-15/h4-8,16H,9-14H2,1-3H3,(H,20,23). The summed E-state index contributed by atoms with van der Waals surface area (Å²) in [5.41, 5.74) is 0.653. The summed E-state index contributed by atoms with van der Waals surface area (Å²) in [5.74, 6) is -0.0613. The van der Waals surface area contributed by atoms with E-state index in [0.717, 1.165) is 31.5 Å². The number of ether oxygens (including phenoxy) is 1. The van der Waals surface area contributed by atoms with E-state index in [1.807, 2.05) is 51.1 Å². The molecule has 0 radical (unpaired) electrons. The summed E-state index contributed by atoms with van der Waals surface area (Å²) < 4.78 is 5.34. The van der Waals surface area contributed by atoms with E-state index in [9.17, 15) is 9.59 Å². The van der Waals surface area contributed by atoms with E-state index in [-0.39, 0.29) is 17.8 Å². The lowest BCUT2D eigenvalue weighted by Gasteiger charge is -2.31. The van der Waals surface area contributed by atoms with Crippen molar-refractivity contribution in [3.05, 3.63) is 35.9 Å². The Morgan fingerprint density at radius 1 is 1.17 bits per heavy atom. The molecule has 1 aromatic rings. The van der Waals surface area contributed by atoms with Crippen LogP contribution < -0.4 is 5.32 Å². The van der Waals surface area contributed by atoms with Crippen molar-refractivity contribution >= 4 is 11.9 Å². The van der Waals surface area contributed by atoms with E-state index in [1.165, 1.54) is 0 Å². The number of amides is 1. The average molecular weight is 332 g/mol. The Balaban J connectivity index is 1.70. The predicted octanol–water partition coefficient (Wildman–Crippen LogP) is 2.36. The molecule has 5 nitrogen and oxygen atoms in total. The van der Waals surface area contributed by atoms with Gasteiger partial charge in [-0.25, -0.2) is 0 Å². The van der Waals surface area contributed by atoms with Crippen molar-refractivity contribution in [2.24, 2.45) is 5.92 Å². The summed E-state index contributed by atoms with van der Waals surface area (Å²) >= 11 is 0. The second-order valence-electron chi connectivity index (χ2n) is 7.34. The molecule has 0 aromatic heterocycles. The number of likely N-dealkylation sites (tertiary alicyclic amines) is 1. The molecule has 2 rings (SSSR count). The smallest absolute Gasteiger partial charge is 0.320 e. The first kappa shape index (κ1) is 18.5. The maximum Gasteiger partial charge on any atom is 0.320 e. The molecule has 24 heavy (non-hydrogen) atoms. The number of carbonyl (C=O) groups excluding carboxylic acids is 2. The summed E-state index contributed by atoms with van der Waals surface area (Å²) in [5, 5.41) is 3.01. The SMILES string of the molecule is CC(C)(C)OC(=O)CN1CCC(C(=O)NCc2ccccc2)CC1. The summed E-state index contributed by atoms with van der Waals surface area (Å²) in [6, 6.07) is 9.91. The van der Waals surface area contributed by atoms with Crippen LogP contribution in [-0.2, 0) is 20.9 Å². The van der Waals surface area contributed by atoms with Gasteiger partial charge in [0.1, 0.15) is 5.60 Å². The fourth-order valence-corrected chi connectivity index (χ4v) is 2.84. The van der Waals surface area contributed by atoms with E-state index in [4.69, 9.17) is 4.74 Å². The lowest BCUT2D eigenvalue weighted by atomic mass is 9.96. The highest BCUT2D eigenvalue weighted by atomic mass is 16.6. The first-order chi connectivity index (χ1) is 11.3. The van der Waals surface area contributed by atoms with Crippen LogP contribution in [0.1, 0.15) is 39.2 Å². The average Bonchev–Trinajstić information content (AvgIpc) is 2.52. The van der Waals surface area contributed by atoms with Crippen LogP contribution in [0.3, 0.4) is 0 Å². The first-order valence-corrected chi connectivity index (χ1v) is 8.59. The molecule has 1 N–H and O–H groups in total. The predicted molar refractivity (Wildman–Crippen MR) is 93.3 cm³/mol. The van der Waals surface area contributed by atoms with Gasteiger partial charge in [-0.05, 0) is 52.3 Å². The number of carbonyl (C=O) groups is 2. The number of rotatable bonds is 5. The van der Waals surface area contributed by atoms with Gasteiger partial charge in [0.2, 0.25) is 5.91 Å². The van der Waals surface area contributed by atoms with Crippen LogP contribution in [0.15, 0.2) is 30.3 Å². The van der Waals surface area contributed by atoms with Crippen molar-refractivity contribution in [3.63, 3.8) is 0 Å². The topological polar surface area (TPSA) is 58.6 Å². The summed E-state index contributed by atoms with van der Waals surface area (Å²) in [6.07, 6.45) is 1.56. The second-order valence-corrected chi connectivity index (χ2v) is 7.34. The number of hydrogen-bond donors (Lipinski definition) is 1. The molecule has 0 spiro atoms. The van der Waals surface area contributed by atoms with Crippen molar-refractivity contribution < 1.29 is 14.3 Å². The minimum atomic E-state index is -0.452. The second kappa shape index (κ2) is 8.29. The zero-order chi connectivity index (χ0) is 17.6. The van der Waals surface area contributed by atoms with E-state index in [2.05, 4.69) is 10.2 Å². The highest BCUT2D eigenvalue weighted by molar-refractivity contribution is 5.78. The Bertz CT molecular complexity index is 543. The Morgan fingerprint density at radius 2 is 1.79 bits per heavy atom. The molecular formula is C19H28N2O3. The van der Waals surface area contributed by atoms with Crippen LogP contribution >= 0.6 is 0 Å². The van der Waals surface area contributed by atoms with Crippen molar-refractivity contribution in [2.45, 2.75) is 45.8 Å². The van der Waals surface area contributed by atoms with Gasteiger partial charge in [-0.1, -0.05) is 30.3 Å². The fraction of sp³-hybridized carbons (Fsp3) is 0.579. The molecule has 0 aliphatic carbocycles. The van der Waals surface area contributed by atoms with Crippen molar-refractivity contribution in [1.82, 2.24) is 10.2 Å². The van der Waals surface area contributed by atoms with Gasteiger partial charge < -0.3 is 10.1 Å². The number of hydrogen-bond acceptors (Lipinski definition) is 4. The van der Waals surface area contributed by atoms with Crippen LogP contribution in [0.5, 0.6) is 0 Å². The summed E-state index contributed by atoms with van der Waals surface area (Å²) in [4.78, 5) is 26.2. The molecule has 5 heteroatoms. The van der Waals surface area contributed by atoms with Gasteiger partial charge in [0.15, 0.2) is 0 Å². The van der Waals surface area contributed by atoms with Crippen LogP contribution in [0.2, 0.25) is 0 Å². The summed E-state index contributed by atoms with van der Waals surface area (Å²) in [6.45, 7) is 7.98. The number of piperidine rings is 1. The number of nitrogens with one attached hydrogen (secondary N) is 1. The van der Waals surface area contributed by atoms with Crippen LogP contribution in [-0.4, -0.2) is 42.0 Å². The highest BCUT2D eigenvalue weighted by Crippen LogP contribution is 2.18. The highest BCUT2D eigenvalue weighted by Gasteiger charge is 2.27. The molecule has 0 saturated carbocycles. The zero-order valence-corrected chi connectivity index (χ0v) is 14.9. The Kier molecular flexibility index (Phi) is 6.37. The quantitative estimate of drug-likeness (QED) is 0.841. The molecule has 132 valence electrons. The lowest BCUT2D eigenvalue weighted by Crippen LogP contribution is -2.43. The minimum absolute atomic E-state index is 0.0311. The molecule has 0 unspecified atom stereocenters. The van der Waals surface area contributed by atoms with Crippen LogP contribution in [0, 0.1) is 5.92 Å². The first-order valence-electron chi connectivity index (χ1n) is 8.59. The monoisotopic (exact) mass is 332 g/mol. The van der Waals surface area contributed by atoms with Gasteiger partial charge >= 0.3 is 5.97 Å². The molecule has 1 aliphatic heterocycles. The molecular weight excluding hydrogens is 304 g/mol. The number of esters is 1. The van der Waals surface area contributed by atoms with Crippen molar-refractivity contribution in [3.8, 4) is 0 Å². The summed E-state index contributed by atoms with van der Waals surface area (Å²) in [7, 11) is 0. The molecule has 1 saturated heterocycles. The molecule has 1 amide bonds. The van der Waals surface area contributed by atoms with E-state index in [0.29, 0.717) is 13.1 Å². The molecule has 0 atom stereocenters. The molecule has 1 aliphatic rings. The maximum atomic E-state index is 12.3. The largest absolute Gasteiger partial charge is 0.459 e. The fourth-order valence-electron chi connectivity index (χ4n) is 2.84. The van der Waals surface area contributed by atoms with E-state index >= 15 is 0 Å². The normalized spacial score (nSPS) is 16.6. The minimum Gasteiger partial charge on any atom is -0.459 e. The number of benzene rings is 1.